The van der Waals surface area contributed by atoms with Gasteiger partial charge in [-0.15, -0.1) is 0 Å². The van der Waals surface area contributed by atoms with Crippen LogP contribution in [0.25, 0.3) is 0 Å². The first-order valence-electron chi connectivity index (χ1n) is 4.58. The highest BCUT2D eigenvalue weighted by molar-refractivity contribution is 9.09. The fourth-order valence-electron chi connectivity index (χ4n) is 1.27. The van der Waals surface area contributed by atoms with Crippen molar-refractivity contribution in [2.75, 3.05) is 0 Å². The molecule has 0 bridgehead atoms. The molecule has 13 heavy (non-hydrogen) atoms. The van der Waals surface area contributed by atoms with Gasteiger partial charge in [0.25, 0.3) is 0 Å². The normalized spacial score (nSPS) is 15.4. The number of hydrogen-bond acceptors (Lipinski definition) is 2. The second-order valence-corrected chi connectivity index (χ2v) is 4.42. The van der Waals surface area contributed by atoms with E-state index < -0.39 is 0 Å². The molecule has 0 saturated carbocycles. The van der Waals surface area contributed by atoms with Crippen LogP contribution in [0.4, 0.5) is 0 Å². The van der Waals surface area contributed by atoms with Crippen molar-refractivity contribution in [3.05, 3.63) is 23.8 Å². The van der Waals surface area contributed by atoms with Gasteiger partial charge in [0.05, 0.1) is 0 Å². The molecule has 2 nitrogen and oxygen atoms in total. The average Bonchev–Trinajstić information content (AvgIpc) is 2.15. The van der Waals surface area contributed by atoms with Crippen molar-refractivity contribution >= 4 is 15.9 Å². The molecule has 0 spiro atoms. The number of alkyl halides is 1. The standard InChI is InChI=1S/C10H15BrN2/c1-4-9(11)7(2)10-5-6-12-8(3)13-10/h5-7,9H,4H2,1-3H3. The van der Waals surface area contributed by atoms with E-state index in [1.807, 2.05) is 19.2 Å². The predicted octanol–water partition coefficient (Wildman–Crippen LogP) is 3.06. The molecule has 0 aliphatic rings. The summed E-state index contributed by atoms with van der Waals surface area (Å²) in [7, 11) is 0. The third kappa shape index (κ3) is 2.76. The van der Waals surface area contributed by atoms with Crippen molar-refractivity contribution < 1.29 is 0 Å². The van der Waals surface area contributed by atoms with Gasteiger partial charge in [0.2, 0.25) is 0 Å². The zero-order valence-electron chi connectivity index (χ0n) is 8.29. The molecule has 72 valence electrons. The molecule has 1 rings (SSSR count). The third-order valence-electron chi connectivity index (χ3n) is 2.20. The number of rotatable bonds is 3. The number of aryl methyl sites for hydroxylation is 1. The molecule has 2 unspecified atom stereocenters. The fourth-order valence-corrected chi connectivity index (χ4v) is 1.54. The Hall–Kier alpha value is -0.440. The zero-order valence-corrected chi connectivity index (χ0v) is 9.87. The van der Waals surface area contributed by atoms with E-state index in [-0.39, 0.29) is 0 Å². The van der Waals surface area contributed by atoms with Crippen molar-refractivity contribution in [2.24, 2.45) is 0 Å². The van der Waals surface area contributed by atoms with E-state index >= 15 is 0 Å². The maximum Gasteiger partial charge on any atom is 0.125 e. The molecule has 1 heterocycles. The van der Waals surface area contributed by atoms with Gasteiger partial charge in [0.15, 0.2) is 0 Å². The van der Waals surface area contributed by atoms with Gasteiger partial charge in [-0.1, -0.05) is 29.8 Å². The topological polar surface area (TPSA) is 25.8 Å². The predicted molar refractivity (Wildman–Crippen MR) is 58.2 cm³/mol. The quantitative estimate of drug-likeness (QED) is 0.762. The molecule has 0 aliphatic carbocycles. The summed E-state index contributed by atoms with van der Waals surface area (Å²) in [6, 6.07) is 1.99. The van der Waals surface area contributed by atoms with Crippen molar-refractivity contribution in [3.63, 3.8) is 0 Å². The Balaban J connectivity index is 2.82. The number of aromatic nitrogens is 2. The van der Waals surface area contributed by atoms with Gasteiger partial charge in [0, 0.05) is 22.6 Å². The Morgan fingerprint density at radius 3 is 2.77 bits per heavy atom. The van der Waals surface area contributed by atoms with Crippen LogP contribution >= 0.6 is 15.9 Å². The van der Waals surface area contributed by atoms with Crippen LogP contribution in [-0.4, -0.2) is 14.8 Å². The van der Waals surface area contributed by atoms with Crippen molar-refractivity contribution in [2.45, 2.75) is 37.9 Å². The van der Waals surface area contributed by atoms with Crippen LogP contribution in [0, 0.1) is 6.92 Å². The maximum atomic E-state index is 4.40. The third-order valence-corrected chi connectivity index (χ3v) is 3.64. The van der Waals surface area contributed by atoms with Crippen molar-refractivity contribution in [3.8, 4) is 0 Å². The molecule has 0 N–H and O–H groups in total. The Morgan fingerprint density at radius 1 is 1.54 bits per heavy atom. The summed E-state index contributed by atoms with van der Waals surface area (Å²) in [5.74, 6) is 1.30. The second-order valence-electron chi connectivity index (χ2n) is 3.24. The lowest BCUT2D eigenvalue weighted by Crippen LogP contribution is -2.10. The van der Waals surface area contributed by atoms with Crippen molar-refractivity contribution in [1.29, 1.82) is 0 Å². The molecule has 2 atom stereocenters. The van der Waals surface area contributed by atoms with E-state index in [0.29, 0.717) is 10.7 Å². The van der Waals surface area contributed by atoms with Crippen LogP contribution in [0.15, 0.2) is 12.3 Å². The summed E-state index contributed by atoms with van der Waals surface area (Å²) in [4.78, 5) is 8.98. The van der Waals surface area contributed by atoms with Gasteiger partial charge in [-0.25, -0.2) is 9.97 Å². The fraction of sp³-hybridized carbons (Fsp3) is 0.600. The summed E-state index contributed by atoms with van der Waals surface area (Å²) in [5.41, 5.74) is 1.12. The molecule has 0 amide bonds. The summed E-state index contributed by atoms with van der Waals surface area (Å²) < 4.78 is 0. The molecule has 1 aromatic heterocycles. The van der Waals surface area contributed by atoms with Gasteiger partial charge in [0.1, 0.15) is 5.82 Å². The van der Waals surface area contributed by atoms with Gasteiger partial charge in [-0.2, -0.15) is 0 Å². The van der Waals surface area contributed by atoms with Crippen LogP contribution in [0.5, 0.6) is 0 Å². The van der Waals surface area contributed by atoms with E-state index in [4.69, 9.17) is 0 Å². The Bertz CT molecular complexity index is 275. The summed E-state index contributed by atoms with van der Waals surface area (Å²) in [6.07, 6.45) is 2.94. The molecule has 0 aromatic carbocycles. The average molecular weight is 243 g/mol. The molecule has 3 heteroatoms. The van der Waals surface area contributed by atoms with E-state index in [2.05, 4.69) is 39.7 Å². The number of nitrogens with zero attached hydrogens (tertiary/aromatic N) is 2. The SMILES string of the molecule is CCC(Br)C(C)c1ccnc(C)n1. The van der Waals surface area contributed by atoms with E-state index in [9.17, 15) is 0 Å². The summed E-state index contributed by atoms with van der Waals surface area (Å²) in [6.45, 7) is 6.28. The smallest absolute Gasteiger partial charge is 0.125 e. The number of halogens is 1. The summed E-state index contributed by atoms with van der Waals surface area (Å²) >= 11 is 3.64. The first-order chi connectivity index (χ1) is 6.15. The first-order valence-corrected chi connectivity index (χ1v) is 5.50. The zero-order chi connectivity index (χ0) is 9.84. The molecule has 1 aromatic rings. The minimum Gasteiger partial charge on any atom is -0.242 e. The second kappa shape index (κ2) is 4.70. The molecule has 0 aliphatic heterocycles. The molecule has 0 saturated heterocycles. The Kier molecular flexibility index (Phi) is 3.85. The van der Waals surface area contributed by atoms with E-state index in [1.54, 1.807) is 0 Å². The van der Waals surface area contributed by atoms with Crippen LogP contribution < -0.4 is 0 Å². The van der Waals surface area contributed by atoms with Gasteiger partial charge in [-0.3, -0.25) is 0 Å². The van der Waals surface area contributed by atoms with Crippen LogP contribution in [0.2, 0.25) is 0 Å². The highest BCUT2D eigenvalue weighted by atomic mass is 79.9. The minimum absolute atomic E-state index is 0.451. The lowest BCUT2D eigenvalue weighted by Gasteiger charge is -2.15. The monoisotopic (exact) mass is 242 g/mol. The minimum atomic E-state index is 0.451. The van der Waals surface area contributed by atoms with Gasteiger partial charge >= 0.3 is 0 Å². The van der Waals surface area contributed by atoms with Crippen molar-refractivity contribution in [1.82, 2.24) is 9.97 Å². The highest BCUT2D eigenvalue weighted by Gasteiger charge is 2.15. The molecule has 0 fully saturated rings. The van der Waals surface area contributed by atoms with Crippen LogP contribution in [0.3, 0.4) is 0 Å². The van der Waals surface area contributed by atoms with Gasteiger partial charge < -0.3 is 0 Å². The number of hydrogen-bond donors (Lipinski definition) is 0. The lowest BCUT2D eigenvalue weighted by molar-refractivity contribution is 0.668. The highest BCUT2D eigenvalue weighted by Crippen LogP contribution is 2.24. The largest absolute Gasteiger partial charge is 0.242 e. The van der Waals surface area contributed by atoms with Crippen LogP contribution in [-0.2, 0) is 0 Å². The van der Waals surface area contributed by atoms with Crippen LogP contribution in [0.1, 0.15) is 37.7 Å². The van der Waals surface area contributed by atoms with E-state index in [1.165, 1.54) is 0 Å². The van der Waals surface area contributed by atoms with E-state index in [0.717, 1.165) is 17.9 Å². The maximum absolute atomic E-state index is 4.40. The Labute approximate surface area is 87.9 Å². The van der Waals surface area contributed by atoms with Gasteiger partial charge in [-0.05, 0) is 19.4 Å². The molecular weight excluding hydrogens is 228 g/mol. The lowest BCUT2D eigenvalue weighted by atomic mass is 10.0. The Morgan fingerprint density at radius 2 is 2.23 bits per heavy atom. The first kappa shape index (κ1) is 10.6. The summed E-state index contributed by atoms with van der Waals surface area (Å²) in [5, 5.41) is 0. The molecule has 0 radical (unpaired) electrons. The molecular formula is C10H15BrN2.